The largest absolute Gasteiger partial charge is 0.472 e. The van der Waals surface area contributed by atoms with E-state index in [0.29, 0.717) is 22.4 Å². The Balaban J connectivity index is 1.77. The quantitative estimate of drug-likeness (QED) is 0.349. The van der Waals surface area contributed by atoms with Gasteiger partial charge in [0.2, 0.25) is 5.88 Å². The van der Waals surface area contributed by atoms with Gasteiger partial charge in [-0.25, -0.2) is 31.2 Å². The van der Waals surface area contributed by atoms with Gasteiger partial charge in [-0.05, 0) is 30.7 Å². The molecule has 140 valence electrons. The molecule has 9 nitrogen and oxygen atoms in total. The van der Waals surface area contributed by atoms with E-state index in [-0.39, 0.29) is 6.61 Å². The number of amides is 2. The number of rotatable bonds is 5. The zero-order chi connectivity index (χ0) is 19.4. The summed E-state index contributed by atoms with van der Waals surface area (Å²) in [6, 6.07) is 9.93. The van der Waals surface area contributed by atoms with Crippen LogP contribution in [-0.2, 0) is 6.61 Å². The Morgan fingerprint density at radius 1 is 1.33 bits per heavy atom. The highest BCUT2D eigenvalue weighted by molar-refractivity contribution is 6.30. The summed E-state index contributed by atoms with van der Waals surface area (Å²) in [6.07, 6.45) is 3.26. The molecule has 0 atom stereocenters. The second kappa shape index (κ2) is 8.04. The van der Waals surface area contributed by atoms with Crippen molar-refractivity contribution in [3.05, 3.63) is 64.9 Å². The van der Waals surface area contributed by atoms with Gasteiger partial charge in [0.05, 0.1) is 10.7 Å². The van der Waals surface area contributed by atoms with Gasteiger partial charge in [0.25, 0.3) is 0 Å². The third kappa shape index (κ3) is 4.17. The number of aryl methyl sites for hydroxylation is 1. The predicted octanol–water partition coefficient (Wildman–Crippen LogP) is 2.07. The lowest BCUT2D eigenvalue weighted by Gasteiger charge is -2.20. The molecule has 0 bridgehead atoms. The number of carbonyl (C=O) groups excluding carboxylic acids is 1. The smallest absolute Gasteiger partial charge is 0.350 e. The van der Waals surface area contributed by atoms with Gasteiger partial charge in [0.1, 0.15) is 6.61 Å². The standard InChI is InChI=1S/C17H18ClN7O2/c1-11-3-2-4-14(25(20)17(26)22-19)13(11)10-27-16-7-8-24(23-16)15-6-5-12(18)9-21-15/h2-9H,10,19-20H2,1H3,(H,22,26). The number of halogens is 1. The molecule has 2 amide bonds. The molecule has 0 radical (unpaired) electrons. The Hall–Kier alpha value is -3.14. The fourth-order valence-electron chi connectivity index (χ4n) is 2.44. The summed E-state index contributed by atoms with van der Waals surface area (Å²) in [7, 11) is 0. The molecule has 5 N–H and O–H groups in total. The SMILES string of the molecule is Cc1cccc(N(N)C(=O)NN)c1COc1ccn(-c2ccc(Cl)cn2)n1. The van der Waals surface area contributed by atoms with Crippen molar-refractivity contribution in [1.29, 1.82) is 0 Å². The first-order valence-electron chi connectivity index (χ1n) is 7.94. The van der Waals surface area contributed by atoms with Crippen LogP contribution in [-0.4, -0.2) is 20.8 Å². The molecule has 1 aromatic carbocycles. The van der Waals surface area contributed by atoms with Crippen LogP contribution >= 0.6 is 11.6 Å². The molecule has 0 aliphatic carbocycles. The van der Waals surface area contributed by atoms with E-state index in [1.54, 1.807) is 41.2 Å². The van der Waals surface area contributed by atoms with E-state index in [1.807, 2.05) is 18.4 Å². The van der Waals surface area contributed by atoms with Crippen molar-refractivity contribution in [3.63, 3.8) is 0 Å². The number of hydrogen-bond donors (Lipinski definition) is 3. The topological polar surface area (TPSA) is 124 Å². The number of pyridine rings is 1. The van der Waals surface area contributed by atoms with Crippen LogP contribution in [0.1, 0.15) is 11.1 Å². The Morgan fingerprint density at radius 3 is 2.85 bits per heavy atom. The van der Waals surface area contributed by atoms with E-state index in [9.17, 15) is 4.79 Å². The Labute approximate surface area is 160 Å². The van der Waals surface area contributed by atoms with Crippen molar-refractivity contribution in [2.45, 2.75) is 13.5 Å². The molecule has 2 heterocycles. The molecule has 0 aliphatic heterocycles. The van der Waals surface area contributed by atoms with Gasteiger partial charge < -0.3 is 4.74 Å². The normalized spacial score (nSPS) is 10.5. The van der Waals surface area contributed by atoms with Gasteiger partial charge in [-0.2, -0.15) is 0 Å². The first-order chi connectivity index (χ1) is 13.0. The van der Waals surface area contributed by atoms with E-state index in [1.165, 1.54) is 6.20 Å². The van der Waals surface area contributed by atoms with Gasteiger partial charge in [-0.1, -0.05) is 23.7 Å². The van der Waals surface area contributed by atoms with Crippen molar-refractivity contribution in [1.82, 2.24) is 20.2 Å². The highest BCUT2D eigenvalue weighted by Crippen LogP contribution is 2.24. The lowest BCUT2D eigenvalue weighted by Crippen LogP contribution is -2.48. The third-order valence-corrected chi connectivity index (χ3v) is 4.09. The molecule has 3 aromatic rings. The van der Waals surface area contributed by atoms with Crippen molar-refractivity contribution < 1.29 is 9.53 Å². The first kappa shape index (κ1) is 18.6. The number of nitrogens with one attached hydrogen (secondary N) is 1. The molecule has 0 spiro atoms. The molecule has 0 saturated heterocycles. The molecule has 0 aliphatic rings. The molecule has 0 unspecified atom stereocenters. The van der Waals surface area contributed by atoms with Crippen LogP contribution in [0.4, 0.5) is 10.5 Å². The molecular formula is C17H18ClN7O2. The highest BCUT2D eigenvalue weighted by Gasteiger charge is 2.16. The van der Waals surface area contributed by atoms with Gasteiger partial charge >= 0.3 is 6.03 Å². The summed E-state index contributed by atoms with van der Waals surface area (Å²) < 4.78 is 7.34. The van der Waals surface area contributed by atoms with E-state index in [4.69, 9.17) is 28.0 Å². The Bertz CT molecular complexity index is 943. The molecule has 3 rings (SSSR count). The van der Waals surface area contributed by atoms with Crippen LogP contribution < -0.4 is 26.9 Å². The Kier molecular flexibility index (Phi) is 5.55. The fraction of sp³-hybridized carbons (Fsp3) is 0.118. The minimum Gasteiger partial charge on any atom is -0.472 e. The van der Waals surface area contributed by atoms with Crippen LogP contribution in [0.5, 0.6) is 5.88 Å². The lowest BCUT2D eigenvalue weighted by atomic mass is 10.1. The maximum atomic E-state index is 11.7. The molecule has 2 aromatic heterocycles. The second-order valence-electron chi connectivity index (χ2n) is 5.61. The van der Waals surface area contributed by atoms with Crippen LogP contribution in [0.3, 0.4) is 0 Å². The molecule has 27 heavy (non-hydrogen) atoms. The van der Waals surface area contributed by atoms with Crippen LogP contribution in [0.2, 0.25) is 5.02 Å². The number of anilines is 1. The maximum absolute atomic E-state index is 11.7. The lowest BCUT2D eigenvalue weighted by molar-refractivity contribution is 0.246. The van der Waals surface area contributed by atoms with Gasteiger partial charge in [-0.3, -0.25) is 5.43 Å². The number of hydrazine groups is 2. The van der Waals surface area contributed by atoms with E-state index < -0.39 is 6.03 Å². The van der Waals surface area contributed by atoms with Crippen molar-refractivity contribution in [2.24, 2.45) is 11.7 Å². The van der Waals surface area contributed by atoms with Gasteiger partial charge in [0, 0.05) is 24.0 Å². The zero-order valence-electron chi connectivity index (χ0n) is 14.5. The number of benzene rings is 1. The zero-order valence-corrected chi connectivity index (χ0v) is 15.2. The minimum absolute atomic E-state index is 0.165. The van der Waals surface area contributed by atoms with Crippen LogP contribution in [0, 0.1) is 6.92 Å². The van der Waals surface area contributed by atoms with Crippen LogP contribution in [0.25, 0.3) is 5.82 Å². The van der Waals surface area contributed by atoms with E-state index in [0.717, 1.165) is 16.1 Å². The maximum Gasteiger partial charge on any atom is 0.350 e. The Morgan fingerprint density at radius 2 is 2.15 bits per heavy atom. The average Bonchev–Trinajstić information content (AvgIpc) is 3.15. The number of ether oxygens (including phenoxy) is 1. The number of carbonyl (C=O) groups is 1. The average molecular weight is 388 g/mol. The predicted molar refractivity (Wildman–Crippen MR) is 101 cm³/mol. The summed E-state index contributed by atoms with van der Waals surface area (Å²) >= 11 is 5.84. The van der Waals surface area contributed by atoms with Crippen molar-refractivity contribution >= 4 is 23.3 Å². The number of nitrogens with two attached hydrogens (primary N) is 2. The molecule has 0 saturated carbocycles. The first-order valence-corrected chi connectivity index (χ1v) is 8.31. The summed E-state index contributed by atoms with van der Waals surface area (Å²) in [4.78, 5) is 15.9. The summed E-state index contributed by atoms with van der Waals surface area (Å²) in [5.41, 5.74) is 4.13. The third-order valence-electron chi connectivity index (χ3n) is 3.86. The fourth-order valence-corrected chi connectivity index (χ4v) is 2.55. The van der Waals surface area contributed by atoms with E-state index >= 15 is 0 Å². The van der Waals surface area contributed by atoms with Crippen LogP contribution in [0.15, 0.2) is 48.8 Å². The van der Waals surface area contributed by atoms with Crippen molar-refractivity contribution in [3.8, 4) is 11.7 Å². The number of aromatic nitrogens is 3. The molecule has 0 fully saturated rings. The van der Waals surface area contributed by atoms with Gasteiger partial charge in [0.15, 0.2) is 5.82 Å². The summed E-state index contributed by atoms with van der Waals surface area (Å²) in [6.45, 7) is 2.06. The summed E-state index contributed by atoms with van der Waals surface area (Å²) in [5.74, 6) is 12.0. The van der Waals surface area contributed by atoms with E-state index in [2.05, 4.69) is 10.1 Å². The van der Waals surface area contributed by atoms with Gasteiger partial charge in [-0.15, -0.1) is 5.10 Å². The summed E-state index contributed by atoms with van der Waals surface area (Å²) in [5, 5.41) is 5.80. The second-order valence-corrected chi connectivity index (χ2v) is 6.05. The molecular weight excluding hydrogens is 370 g/mol. The number of nitrogens with zero attached hydrogens (tertiary/aromatic N) is 4. The van der Waals surface area contributed by atoms with Crippen molar-refractivity contribution in [2.75, 3.05) is 5.01 Å². The minimum atomic E-state index is -0.639. The number of urea groups is 1. The monoisotopic (exact) mass is 387 g/mol. The molecule has 10 heteroatoms. The highest BCUT2D eigenvalue weighted by atomic mass is 35.5. The number of hydrogen-bond acceptors (Lipinski definition) is 6.